The Morgan fingerprint density at radius 2 is 1.86 bits per heavy atom. The highest BCUT2D eigenvalue weighted by atomic mass is 79.9. The van der Waals surface area contributed by atoms with Crippen molar-refractivity contribution < 1.29 is 8.42 Å². The average molecular weight is 407 g/mol. The molecule has 0 aromatic carbocycles. The van der Waals surface area contributed by atoms with E-state index in [0.29, 0.717) is 35.4 Å². The van der Waals surface area contributed by atoms with E-state index in [2.05, 4.69) is 34.7 Å². The van der Waals surface area contributed by atoms with E-state index in [-0.39, 0.29) is 0 Å². The first kappa shape index (κ1) is 16.9. The molecule has 0 bridgehead atoms. The van der Waals surface area contributed by atoms with Gasteiger partial charge in [0.1, 0.15) is 4.21 Å². The van der Waals surface area contributed by atoms with Gasteiger partial charge in [-0.2, -0.15) is 4.31 Å². The maximum absolute atomic E-state index is 12.8. The van der Waals surface area contributed by atoms with Gasteiger partial charge in [0.05, 0.1) is 3.79 Å². The first-order chi connectivity index (χ1) is 10.4. The molecule has 0 spiro atoms. The normalized spacial score (nSPS) is 31.7. The molecule has 3 heterocycles. The van der Waals surface area contributed by atoms with Crippen LogP contribution in [0.1, 0.15) is 39.5 Å². The number of sulfonamides is 1. The van der Waals surface area contributed by atoms with Crippen LogP contribution in [-0.4, -0.2) is 48.8 Å². The first-order valence-electron chi connectivity index (χ1n) is 7.92. The summed E-state index contributed by atoms with van der Waals surface area (Å²) in [5.41, 5.74) is 0. The zero-order chi connectivity index (χ0) is 15.9. The van der Waals surface area contributed by atoms with Crippen molar-refractivity contribution in [1.29, 1.82) is 0 Å². The number of hydrogen-bond acceptors (Lipinski definition) is 4. The third-order valence-electron chi connectivity index (χ3n) is 4.94. The van der Waals surface area contributed by atoms with Crippen LogP contribution in [0.15, 0.2) is 20.1 Å². The summed E-state index contributed by atoms with van der Waals surface area (Å²) in [7, 11) is -3.34. The number of hydrogen-bond donors (Lipinski definition) is 0. The third kappa shape index (κ3) is 3.15. The highest BCUT2D eigenvalue weighted by Crippen LogP contribution is 2.33. The minimum atomic E-state index is -3.34. The summed E-state index contributed by atoms with van der Waals surface area (Å²) in [6.07, 6.45) is 4.51. The molecule has 0 saturated carbocycles. The molecule has 124 valence electrons. The highest BCUT2D eigenvalue weighted by Gasteiger charge is 2.38. The van der Waals surface area contributed by atoms with Crippen molar-refractivity contribution in [3.05, 3.63) is 15.9 Å². The molecule has 0 radical (unpaired) electrons. The van der Waals surface area contributed by atoms with E-state index in [1.165, 1.54) is 24.2 Å². The van der Waals surface area contributed by atoms with E-state index in [1.807, 2.05) is 6.07 Å². The van der Waals surface area contributed by atoms with Crippen molar-refractivity contribution in [3.63, 3.8) is 0 Å². The highest BCUT2D eigenvalue weighted by molar-refractivity contribution is 9.11. The molecule has 2 saturated heterocycles. The van der Waals surface area contributed by atoms with Crippen molar-refractivity contribution in [2.45, 2.75) is 61.9 Å². The molecular formula is C15H23BrN2O2S2. The quantitative estimate of drug-likeness (QED) is 0.770. The summed E-state index contributed by atoms with van der Waals surface area (Å²) in [5.74, 6) is 0. The molecule has 1 aromatic rings. The van der Waals surface area contributed by atoms with Crippen LogP contribution in [0, 0.1) is 0 Å². The summed E-state index contributed by atoms with van der Waals surface area (Å²) in [5, 5.41) is 0. The Morgan fingerprint density at radius 1 is 1.18 bits per heavy atom. The molecule has 2 aliphatic heterocycles. The summed E-state index contributed by atoms with van der Waals surface area (Å²) in [6.45, 7) is 5.82. The van der Waals surface area contributed by atoms with E-state index < -0.39 is 10.0 Å². The predicted octanol–water partition coefficient (Wildman–Crippen LogP) is 3.54. The number of piperidine rings is 1. The van der Waals surface area contributed by atoms with Gasteiger partial charge in [0, 0.05) is 31.2 Å². The van der Waals surface area contributed by atoms with Gasteiger partial charge < -0.3 is 0 Å². The van der Waals surface area contributed by atoms with Gasteiger partial charge in [0.15, 0.2) is 0 Å². The van der Waals surface area contributed by atoms with Gasteiger partial charge in [-0.1, -0.05) is 0 Å². The van der Waals surface area contributed by atoms with Crippen molar-refractivity contribution in [2.24, 2.45) is 0 Å². The lowest BCUT2D eigenvalue weighted by Gasteiger charge is -2.40. The van der Waals surface area contributed by atoms with Crippen molar-refractivity contribution in [1.82, 2.24) is 9.21 Å². The minimum Gasteiger partial charge on any atom is -0.294 e. The fourth-order valence-corrected chi connectivity index (χ4v) is 7.56. The molecule has 0 unspecified atom stereocenters. The molecule has 3 rings (SSSR count). The second kappa shape index (κ2) is 6.51. The summed E-state index contributed by atoms with van der Waals surface area (Å²) < 4.78 is 28.6. The maximum atomic E-state index is 12.8. The standard InChI is InChI=1S/C15H23BrN2O2S2/c1-11-5-6-12(2)18(11)13-4-3-9-17(10-13)22(19,20)15-8-7-14(16)21-15/h7-8,11-13H,3-6,9-10H2,1-2H3/t11-,12+,13-/m1/s1. The molecular weight excluding hydrogens is 384 g/mol. The Labute approximate surface area is 145 Å². The third-order valence-corrected chi connectivity index (χ3v) is 8.90. The van der Waals surface area contributed by atoms with Gasteiger partial charge in [-0.3, -0.25) is 4.90 Å². The second-order valence-electron chi connectivity index (χ2n) is 6.44. The minimum absolute atomic E-state index is 0.361. The van der Waals surface area contributed by atoms with Crippen molar-refractivity contribution in [2.75, 3.05) is 13.1 Å². The zero-order valence-electron chi connectivity index (χ0n) is 13.0. The molecule has 4 nitrogen and oxygen atoms in total. The van der Waals surface area contributed by atoms with Gasteiger partial charge in [-0.05, 0) is 67.6 Å². The smallest absolute Gasteiger partial charge is 0.252 e. The second-order valence-corrected chi connectivity index (χ2v) is 11.1. The Hall–Kier alpha value is 0.0500. The summed E-state index contributed by atoms with van der Waals surface area (Å²) in [6, 6.07) is 5.01. The zero-order valence-corrected chi connectivity index (χ0v) is 16.3. The molecule has 0 amide bonds. The number of halogens is 1. The Bertz CT molecular complexity index is 621. The largest absolute Gasteiger partial charge is 0.294 e. The lowest BCUT2D eigenvalue weighted by atomic mass is 10.0. The van der Waals surface area contributed by atoms with E-state index in [4.69, 9.17) is 0 Å². The number of thiophene rings is 1. The number of nitrogens with zero attached hydrogens (tertiary/aromatic N) is 2. The van der Waals surface area contributed by atoms with Crippen LogP contribution < -0.4 is 0 Å². The fraction of sp³-hybridized carbons (Fsp3) is 0.733. The van der Waals surface area contributed by atoms with Crippen molar-refractivity contribution in [3.8, 4) is 0 Å². The SMILES string of the molecule is C[C@@H]1CC[C@H](C)N1[C@@H]1CCCN(S(=O)(=O)c2ccc(Br)s2)C1. The van der Waals surface area contributed by atoms with Crippen molar-refractivity contribution >= 4 is 37.3 Å². The molecule has 0 N–H and O–H groups in total. The molecule has 3 atom stereocenters. The maximum Gasteiger partial charge on any atom is 0.252 e. The molecule has 0 aliphatic carbocycles. The monoisotopic (exact) mass is 406 g/mol. The average Bonchev–Trinajstić information content (AvgIpc) is 3.06. The molecule has 1 aromatic heterocycles. The van der Waals surface area contributed by atoms with Crippen LogP contribution in [0.3, 0.4) is 0 Å². The Morgan fingerprint density at radius 3 is 2.45 bits per heavy atom. The number of rotatable bonds is 3. The predicted molar refractivity (Wildman–Crippen MR) is 93.8 cm³/mol. The van der Waals surface area contributed by atoms with Gasteiger partial charge in [0.25, 0.3) is 10.0 Å². The lowest BCUT2D eigenvalue weighted by molar-refractivity contribution is 0.0980. The molecule has 2 aliphatic rings. The van der Waals surface area contributed by atoms with Gasteiger partial charge in [-0.15, -0.1) is 11.3 Å². The Kier molecular flexibility index (Phi) is 5.00. The lowest BCUT2D eigenvalue weighted by Crippen LogP contribution is -2.52. The summed E-state index contributed by atoms with van der Waals surface area (Å²) in [4.78, 5) is 2.55. The molecule has 22 heavy (non-hydrogen) atoms. The van der Waals surface area contributed by atoms with Crippen LogP contribution in [0.4, 0.5) is 0 Å². The van der Waals surface area contributed by atoms with Crippen LogP contribution >= 0.6 is 27.3 Å². The van der Waals surface area contributed by atoms with Gasteiger partial charge in [0.2, 0.25) is 0 Å². The molecule has 7 heteroatoms. The van der Waals surface area contributed by atoms with Gasteiger partial charge in [-0.25, -0.2) is 8.42 Å². The van der Waals surface area contributed by atoms with E-state index in [1.54, 1.807) is 10.4 Å². The topological polar surface area (TPSA) is 40.6 Å². The molecule has 2 fully saturated rings. The van der Waals surface area contributed by atoms with E-state index in [0.717, 1.165) is 16.6 Å². The van der Waals surface area contributed by atoms with Gasteiger partial charge >= 0.3 is 0 Å². The van der Waals surface area contributed by atoms with E-state index in [9.17, 15) is 8.42 Å². The summed E-state index contributed by atoms with van der Waals surface area (Å²) >= 11 is 4.65. The van der Waals surface area contributed by atoms with Crippen LogP contribution in [0.5, 0.6) is 0 Å². The fourth-order valence-electron chi connectivity index (χ4n) is 3.88. The van der Waals surface area contributed by atoms with Crippen LogP contribution in [0.2, 0.25) is 0 Å². The van der Waals surface area contributed by atoms with E-state index >= 15 is 0 Å². The Balaban J connectivity index is 1.78. The van der Waals surface area contributed by atoms with Crippen LogP contribution in [-0.2, 0) is 10.0 Å². The number of likely N-dealkylation sites (tertiary alicyclic amines) is 1. The van der Waals surface area contributed by atoms with Crippen LogP contribution in [0.25, 0.3) is 0 Å². The first-order valence-corrected chi connectivity index (χ1v) is 11.0.